The highest BCUT2D eigenvalue weighted by atomic mass is 16.7. The molecule has 0 aromatic carbocycles. The standard InChI is InChI=1S/C15H20O3/c1-9-5-4-6-14(3)8-15(17)12(7-11(9)14)10(2)13(16)18-15/h11,17H,1,4-8H2,2-3H3/t11-,14+,15+/m0/s1. The summed E-state index contributed by atoms with van der Waals surface area (Å²) >= 11 is 0. The van der Waals surface area contributed by atoms with E-state index in [1.807, 2.05) is 0 Å². The number of aliphatic hydroxyl groups is 1. The van der Waals surface area contributed by atoms with Crippen molar-refractivity contribution in [2.45, 2.75) is 51.7 Å². The molecule has 1 aliphatic heterocycles. The van der Waals surface area contributed by atoms with Crippen LogP contribution in [0, 0.1) is 11.3 Å². The summed E-state index contributed by atoms with van der Waals surface area (Å²) in [6, 6.07) is 0. The number of allylic oxidation sites excluding steroid dienone is 1. The van der Waals surface area contributed by atoms with E-state index in [9.17, 15) is 9.90 Å². The molecular weight excluding hydrogens is 228 g/mol. The number of carbonyl (C=O) groups excluding carboxylic acids is 1. The fourth-order valence-electron chi connectivity index (χ4n) is 4.08. The molecule has 3 nitrogen and oxygen atoms in total. The quantitative estimate of drug-likeness (QED) is 0.529. The number of fused-ring (bicyclic) bond motifs is 2. The largest absolute Gasteiger partial charge is 0.426 e. The molecule has 3 atom stereocenters. The number of hydrogen-bond donors (Lipinski definition) is 1. The molecule has 2 fully saturated rings. The summed E-state index contributed by atoms with van der Waals surface area (Å²) in [6.45, 7) is 8.14. The van der Waals surface area contributed by atoms with Gasteiger partial charge in [0.05, 0.1) is 0 Å². The van der Waals surface area contributed by atoms with E-state index in [1.165, 1.54) is 5.57 Å². The van der Waals surface area contributed by atoms with Crippen LogP contribution in [0.15, 0.2) is 23.3 Å². The van der Waals surface area contributed by atoms with E-state index in [4.69, 9.17) is 4.74 Å². The van der Waals surface area contributed by atoms with Gasteiger partial charge in [-0.25, -0.2) is 4.79 Å². The summed E-state index contributed by atoms with van der Waals surface area (Å²) in [7, 11) is 0. The first-order chi connectivity index (χ1) is 8.36. The second-order valence-electron chi connectivity index (χ2n) is 6.38. The maximum atomic E-state index is 11.7. The lowest BCUT2D eigenvalue weighted by atomic mass is 9.56. The highest BCUT2D eigenvalue weighted by molar-refractivity contribution is 5.92. The van der Waals surface area contributed by atoms with E-state index in [-0.39, 0.29) is 11.4 Å². The maximum absolute atomic E-state index is 11.7. The molecule has 3 heteroatoms. The molecule has 3 aliphatic rings. The molecule has 0 aromatic heterocycles. The molecule has 0 unspecified atom stereocenters. The third-order valence-corrected chi connectivity index (χ3v) is 5.12. The van der Waals surface area contributed by atoms with Crippen LogP contribution in [-0.2, 0) is 9.53 Å². The van der Waals surface area contributed by atoms with Crippen molar-refractivity contribution in [1.29, 1.82) is 0 Å². The second kappa shape index (κ2) is 3.47. The average Bonchev–Trinajstić information content (AvgIpc) is 2.46. The normalized spacial score (nSPS) is 43.6. The zero-order valence-corrected chi connectivity index (χ0v) is 11.1. The van der Waals surface area contributed by atoms with E-state index < -0.39 is 5.79 Å². The number of rotatable bonds is 0. The summed E-state index contributed by atoms with van der Waals surface area (Å²) < 4.78 is 5.23. The van der Waals surface area contributed by atoms with E-state index in [0.29, 0.717) is 17.9 Å². The first-order valence-corrected chi connectivity index (χ1v) is 6.69. The minimum Gasteiger partial charge on any atom is -0.426 e. The summed E-state index contributed by atoms with van der Waals surface area (Å²) in [5, 5.41) is 10.6. The van der Waals surface area contributed by atoms with Crippen molar-refractivity contribution in [2.75, 3.05) is 0 Å². The number of ether oxygens (including phenoxy) is 1. The molecule has 0 spiro atoms. The summed E-state index contributed by atoms with van der Waals surface area (Å²) in [5.74, 6) is -1.32. The Kier molecular flexibility index (Phi) is 2.31. The van der Waals surface area contributed by atoms with Crippen molar-refractivity contribution < 1.29 is 14.6 Å². The fraction of sp³-hybridized carbons (Fsp3) is 0.667. The lowest BCUT2D eigenvalue weighted by Gasteiger charge is -2.50. The van der Waals surface area contributed by atoms with Crippen molar-refractivity contribution in [2.24, 2.45) is 11.3 Å². The van der Waals surface area contributed by atoms with E-state index in [2.05, 4.69) is 13.5 Å². The number of esters is 1. The Hall–Kier alpha value is -1.09. The Bertz CT molecular complexity index is 476. The lowest BCUT2D eigenvalue weighted by Crippen LogP contribution is -2.48. The molecule has 1 N–H and O–H groups in total. The molecule has 18 heavy (non-hydrogen) atoms. The predicted octanol–water partition coefficient (Wildman–Crippen LogP) is 2.70. The third-order valence-electron chi connectivity index (χ3n) is 5.12. The van der Waals surface area contributed by atoms with Gasteiger partial charge in [0.15, 0.2) is 0 Å². The van der Waals surface area contributed by atoms with Crippen molar-refractivity contribution in [3.63, 3.8) is 0 Å². The van der Waals surface area contributed by atoms with E-state index >= 15 is 0 Å². The molecule has 0 amide bonds. The minimum atomic E-state index is -1.34. The van der Waals surface area contributed by atoms with Gasteiger partial charge in [0, 0.05) is 17.6 Å². The van der Waals surface area contributed by atoms with Gasteiger partial charge >= 0.3 is 5.97 Å². The molecule has 98 valence electrons. The Morgan fingerprint density at radius 1 is 1.50 bits per heavy atom. The van der Waals surface area contributed by atoms with Gasteiger partial charge in [0.25, 0.3) is 0 Å². The minimum absolute atomic E-state index is 0.0124. The Balaban J connectivity index is 2.04. The molecule has 0 aromatic rings. The van der Waals surface area contributed by atoms with Gasteiger partial charge in [-0.1, -0.05) is 19.1 Å². The van der Waals surface area contributed by atoms with Crippen LogP contribution >= 0.6 is 0 Å². The zero-order chi connectivity index (χ0) is 13.1. The maximum Gasteiger partial charge on any atom is 0.336 e. The van der Waals surface area contributed by atoms with Crippen molar-refractivity contribution >= 4 is 5.97 Å². The van der Waals surface area contributed by atoms with E-state index in [1.54, 1.807) is 6.92 Å². The highest BCUT2D eigenvalue weighted by Gasteiger charge is 2.56. The molecular formula is C15H20O3. The third kappa shape index (κ3) is 1.43. The number of carbonyl (C=O) groups is 1. The number of hydrogen-bond acceptors (Lipinski definition) is 3. The topological polar surface area (TPSA) is 46.5 Å². The SMILES string of the molecule is C=C1CCC[C@]2(C)C[C@@]3(O)OC(=O)C(C)=C3C[C@@H]12. The van der Waals surface area contributed by atoms with Crippen molar-refractivity contribution in [3.8, 4) is 0 Å². The van der Waals surface area contributed by atoms with Crippen LogP contribution in [0.5, 0.6) is 0 Å². The molecule has 0 radical (unpaired) electrons. The van der Waals surface area contributed by atoms with Gasteiger partial charge in [-0.3, -0.25) is 0 Å². The molecule has 2 aliphatic carbocycles. The zero-order valence-electron chi connectivity index (χ0n) is 11.1. The summed E-state index contributed by atoms with van der Waals surface area (Å²) in [6.07, 6.45) is 4.50. The van der Waals surface area contributed by atoms with Gasteiger partial charge < -0.3 is 9.84 Å². The van der Waals surface area contributed by atoms with Gasteiger partial charge in [-0.15, -0.1) is 0 Å². The van der Waals surface area contributed by atoms with Crippen LogP contribution in [0.1, 0.15) is 46.0 Å². The molecule has 2 saturated carbocycles. The van der Waals surface area contributed by atoms with Crippen LogP contribution in [0.4, 0.5) is 0 Å². The Labute approximate surface area is 108 Å². The first kappa shape index (κ1) is 12.0. The smallest absolute Gasteiger partial charge is 0.336 e. The van der Waals surface area contributed by atoms with Crippen LogP contribution in [0.2, 0.25) is 0 Å². The Morgan fingerprint density at radius 2 is 2.22 bits per heavy atom. The van der Waals surface area contributed by atoms with Crippen molar-refractivity contribution in [3.05, 3.63) is 23.3 Å². The monoisotopic (exact) mass is 248 g/mol. The van der Waals surface area contributed by atoms with Crippen LogP contribution in [-0.4, -0.2) is 16.9 Å². The average molecular weight is 248 g/mol. The molecule has 1 heterocycles. The lowest BCUT2D eigenvalue weighted by molar-refractivity contribution is -0.203. The Morgan fingerprint density at radius 3 is 2.94 bits per heavy atom. The van der Waals surface area contributed by atoms with E-state index in [0.717, 1.165) is 31.3 Å². The van der Waals surface area contributed by atoms with Crippen molar-refractivity contribution in [1.82, 2.24) is 0 Å². The predicted molar refractivity (Wildman–Crippen MR) is 67.6 cm³/mol. The summed E-state index contributed by atoms with van der Waals surface area (Å²) in [4.78, 5) is 11.7. The van der Waals surface area contributed by atoms with Gasteiger partial charge in [-0.05, 0) is 43.9 Å². The van der Waals surface area contributed by atoms with Gasteiger partial charge in [0.2, 0.25) is 5.79 Å². The van der Waals surface area contributed by atoms with Crippen LogP contribution in [0.25, 0.3) is 0 Å². The van der Waals surface area contributed by atoms with Crippen LogP contribution in [0.3, 0.4) is 0 Å². The molecule has 0 bridgehead atoms. The fourth-order valence-corrected chi connectivity index (χ4v) is 4.08. The van der Waals surface area contributed by atoms with Crippen LogP contribution < -0.4 is 0 Å². The van der Waals surface area contributed by atoms with Gasteiger partial charge in [0.1, 0.15) is 0 Å². The molecule has 3 rings (SSSR count). The second-order valence-corrected chi connectivity index (χ2v) is 6.38. The molecule has 0 saturated heterocycles. The first-order valence-electron chi connectivity index (χ1n) is 6.69. The highest BCUT2D eigenvalue weighted by Crippen LogP contribution is 2.58. The van der Waals surface area contributed by atoms with Gasteiger partial charge in [-0.2, -0.15) is 0 Å². The summed E-state index contributed by atoms with van der Waals surface area (Å²) in [5.41, 5.74) is 2.67.